The number of hydrogen-bond acceptors (Lipinski definition) is 3. The Balaban J connectivity index is 2.35. The van der Waals surface area contributed by atoms with Crippen molar-refractivity contribution >= 4 is 17.5 Å². The van der Waals surface area contributed by atoms with Crippen LogP contribution in [0.5, 0.6) is 0 Å². The Hall–Kier alpha value is -0.960. The van der Waals surface area contributed by atoms with Crippen molar-refractivity contribution in [3.05, 3.63) is 29.8 Å². The molecule has 1 N–H and O–H groups in total. The molecule has 0 fully saturated rings. The van der Waals surface area contributed by atoms with Gasteiger partial charge in [-0.1, -0.05) is 23.4 Å². The number of oxime groups is 1. The van der Waals surface area contributed by atoms with Crippen LogP contribution in [0.3, 0.4) is 0 Å². The molecule has 2 nitrogen and oxygen atoms in total. The van der Waals surface area contributed by atoms with Crippen LogP contribution in [0.15, 0.2) is 34.3 Å². The normalized spacial score (nSPS) is 26.3. The van der Waals surface area contributed by atoms with Gasteiger partial charge in [-0.05, 0) is 31.9 Å². The number of thioether (sulfide) groups is 1. The number of hydrogen-bond donors (Lipinski definition) is 1. The Morgan fingerprint density at radius 3 is 2.86 bits per heavy atom. The highest BCUT2D eigenvalue weighted by Crippen LogP contribution is 2.45. The Morgan fingerprint density at radius 2 is 2.21 bits per heavy atom. The number of nitrogens with zero attached hydrogens (tertiary/aromatic N) is 1. The van der Waals surface area contributed by atoms with Crippen molar-refractivity contribution in [3.63, 3.8) is 0 Å². The Bertz CT molecular complexity index is 362. The highest BCUT2D eigenvalue weighted by atomic mass is 32.2. The van der Waals surface area contributed by atoms with E-state index in [4.69, 9.17) is 5.21 Å². The lowest BCUT2D eigenvalue weighted by Gasteiger charge is -2.20. The molecule has 0 aromatic heterocycles. The molecule has 0 radical (unpaired) electrons. The van der Waals surface area contributed by atoms with Gasteiger partial charge in [-0.15, -0.1) is 11.8 Å². The van der Waals surface area contributed by atoms with E-state index >= 15 is 0 Å². The minimum absolute atomic E-state index is 0.0710. The molecule has 0 amide bonds. The summed E-state index contributed by atoms with van der Waals surface area (Å²) in [6.45, 7) is 3.99. The summed E-state index contributed by atoms with van der Waals surface area (Å²) < 4.78 is -0.0710. The maximum atomic E-state index is 8.81. The number of benzene rings is 1. The van der Waals surface area contributed by atoms with E-state index in [-0.39, 0.29) is 4.75 Å². The standard InChI is InChI=1S/C11H13NOS/c1-8(12-13)11(2)7-9-5-3-4-6-10(9)14-11/h3-6,13H,7H2,1-2H3/b12-8+/t11-/m0/s1. The quantitative estimate of drug-likeness (QED) is 0.436. The fourth-order valence-corrected chi connectivity index (χ4v) is 3.02. The molecular formula is C11H13NOS. The average molecular weight is 207 g/mol. The second kappa shape index (κ2) is 3.31. The van der Waals surface area contributed by atoms with Crippen LogP contribution < -0.4 is 0 Å². The first-order valence-corrected chi connectivity index (χ1v) is 5.43. The monoisotopic (exact) mass is 207 g/mol. The maximum Gasteiger partial charge on any atom is 0.0704 e. The predicted octanol–water partition coefficient (Wildman–Crippen LogP) is 2.94. The van der Waals surface area contributed by atoms with Crippen molar-refractivity contribution in [2.75, 3.05) is 0 Å². The highest BCUT2D eigenvalue weighted by Gasteiger charge is 2.36. The van der Waals surface area contributed by atoms with Crippen LogP contribution in [0, 0.1) is 0 Å². The first-order valence-electron chi connectivity index (χ1n) is 4.62. The van der Waals surface area contributed by atoms with Gasteiger partial charge < -0.3 is 5.21 Å². The van der Waals surface area contributed by atoms with Gasteiger partial charge in [0.1, 0.15) is 0 Å². The summed E-state index contributed by atoms with van der Waals surface area (Å²) in [5.41, 5.74) is 2.14. The van der Waals surface area contributed by atoms with Gasteiger partial charge in [0.15, 0.2) is 0 Å². The third-order valence-electron chi connectivity index (χ3n) is 2.75. The molecule has 74 valence electrons. The molecule has 1 heterocycles. The molecule has 0 saturated heterocycles. The smallest absolute Gasteiger partial charge is 0.0704 e. The summed E-state index contributed by atoms with van der Waals surface area (Å²) in [5.74, 6) is 0. The van der Waals surface area contributed by atoms with Crippen molar-refractivity contribution in [2.24, 2.45) is 5.16 Å². The van der Waals surface area contributed by atoms with Crippen LogP contribution in [-0.2, 0) is 6.42 Å². The van der Waals surface area contributed by atoms with Crippen LogP contribution in [0.25, 0.3) is 0 Å². The van der Waals surface area contributed by atoms with Crippen LogP contribution in [0.4, 0.5) is 0 Å². The topological polar surface area (TPSA) is 32.6 Å². The Morgan fingerprint density at radius 1 is 1.50 bits per heavy atom. The molecule has 1 aromatic rings. The fourth-order valence-electron chi connectivity index (χ4n) is 1.70. The van der Waals surface area contributed by atoms with E-state index in [1.807, 2.05) is 13.0 Å². The maximum absolute atomic E-state index is 8.81. The third-order valence-corrected chi connectivity index (χ3v) is 4.26. The summed E-state index contributed by atoms with van der Waals surface area (Å²) in [6.07, 6.45) is 0.948. The van der Waals surface area contributed by atoms with Crippen molar-refractivity contribution in [1.29, 1.82) is 0 Å². The van der Waals surface area contributed by atoms with Crippen LogP contribution in [0.1, 0.15) is 19.4 Å². The lowest BCUT2D eigenvalue weighted by Crippen LogP contribution is -2.28. The molecule has 1 atom stereocenters. The lowest BCUT2D eigenvalue weighted by atomic mass is 9.97. The molecular weight excluding hydrogens is 194 g/mol. The average Bonchev–Trinajstić information content (AvgIpc) is 2.54. The van der Waals surface area contributed by atoms with Crippen molar-refractivity contribution in [3.8, 4) is 0 Å². The van der Waals surface area contributed by atoms with Gasteiger partial charge in [0.05, 0.1) is 10.5 Å². The van der Waals surface area contributed by atoms with E-state index in [1.165, 1.54) is 10.5 Å². The minimum Gasteiger partial charge on any atom is -0.411 e. The first kappa shape index (κ1) is 9.59. The molecule has 0 unspecified atom stereocenters. The first-order chi connectivity index (χ1) is 6.65. The predicted molar refractivity (Wildman–Crippen MR) is 59.3 cm³/mol. The van der Waals surface area contributed by atoms with Gasteiger partial charge in [-0.3, -0.25) is 0 Å². The van der Waals surface area contributed by atoms with E-state index < -0.39 is 0 Å². The minimum atomic E-state index is -0.0710. The summed E-state index contributed by atoms with van der Waals surface area (Å²) >= 11 is 1.78. The second-order valence-electron chi connectivity index (χ2n) is 3.80. The zero-order chi connectivity index (χ0) is 10.2. The molecule has 0 saturated carbocycles. The van der Waals surface area contributed by atoms with Crippen molar-refractivity contribution < 1.29 is 5.21 Å². The summed E-state index contributed by atoms with van der Waals surface area (Å²) in [5, 5.41) is 12.1. The van der Waals surface area contributed by atoms with Crippen LogP contribution in [0.2, 0.25) is 0 Å². The molecule has 1 aliphatic heterocycles. The lowest BCUT2D eigenvalue weighted by molar-refractivity contribution is 0.316. The van der Waals surface area contributed by atoms with E-state index in [9.17, 15) is 0 Å². The molecule has 0 spiro atoms. The van der Waals surface area contributed by atoms with E-state index in [1.54, 1.807) is 11.8 Å². The van der Waals surface area contributed by atoms with Gasteiger partial charge in [0.2, 0.25) is 0 Å². The SMILES string of the molecule is C/C(=N\O)[C@]1(C)Cc2ccccc2S1. The molecule has 14 heavy (non-hydrogen) atoms. The zero-order valence-electron chi connectivity index (χ0n) is 8.32. The van der Waals surface area contributed by atoms with Gasteiger partial charge in [-0.2, -0.15) is 0 Å². The number of rotatable bonds is 1. The van der Waals surface area contributed by atoms with Gasteiger partial charge in [-0.25, -0.2) is 0 Å². The van der Waals surface area contributed by atoms with Gasteiger partial charge >= 0.3 is 0 Å². The Kier molecular flexibility index (Phi) is 2.27. The summed E-state index contributed by atoms with van der Waals surface area (Å²) in [7, 11) is 0. The van der Waals surface area contributed by atoms with Crippen molar-refractivity contribution in [2.45, 2.75) is 29.9 Å². The third kappa shape index (κ3) is 1.42. The molecule has 2 rings (SSSR count). The Labute approximate surface area is 88.0 Å². The second-order valence-corrected chi connectivity index (χ2v) is 5.35. The van der Waals surface area contributed by atoms with Crippen molar-refractivity contribution in [1.82, 2.24) is 0 Å². The molecule has 3 heteroatoms. The van der Waals surface area contributed by atoms with Crippen LogP contribution in [-0.4, -0.2) is 15.7 Å². The largest absolute Gasteiger partial charge is 0.411 e. The molecule has 0 aliphatic carbocycles. The zero-order valence-corrected chi connectivity index (χ0v) is 9.14. The fraction of sp³-hybridized carbons (Fsp3) is 0.364. The number of fused-ring (bicyclic) bond motifs is 1. The summed E-state index contributed by atoms with van der Waals surface area (Å²) in [6, 6.07) is 8.35. The summed E-state index contributed by atoms with van der Waals surface area (Å²) in [4.78, 5) is 1.30. The highest BCUT2D eigenvalue weighted by molar-refractivity contribution is 8.01. The van der Waals surface area contributed by atoms with E-state index in [0.29, 0.717) is 0 Å². The molecule has 1 aromatic carbocycles. The molecule has 1 aliphatic rings. The molecule has 0 bridgehead atoms. The van der Waals surface area contributed by atoms with Gasteiger partial charge in [0.25, 0.3) is 0 Å². The van der Waals surface area contributed by atoms with Gasteiger partial charge in [0, 0.05) is 4.90 Å². The van der Waals surface area contributed by atoms with Crippen LogP contribution >= 0.6 is 11.8 Å². The van der Waals surface area contributed by atoms with E-state index in [0.717, 1.165) is 12.1 Å². The van der Waals surface area contributed by atoms with E-state index in [2.05, 4.69) is 30.3 Å².